The van der Waals surface area contributed by atoms with Crippen molar-refractivity contribution >= 4 is 5.69 Å². The number of benzene rings is 2. The fourth-order valence-electron chi connectivity index (χ4n) is 1.91. The second kappa shape index (κ2) is 6.22. The zero-order valence-corrected chi connectivity index (χ0v) is 10.9. The summed E-state index contributed by atoms with van der Waals surface area (Å²) in [6.07, 6.45) is 0. The smallest absolute Gasteiger partial charge is 0.0713 e. The maximum Gasteiger partial charge on any atom is 0.0713 e. The van der Waals surface area contributed by atoms with Crippen molar-refractivity contribution in [2.24, 2.45) is 0 Å². The predicted molar refractivity (Wildman–Crippen MR) is 75.7 cm³/mol. The van der Waals surface area contributed by atoms with Gasteiger partial charge in [0.15, 0.2) is 0 Å². The first-order valence-electron chi connectivity index (χ1n) is 6.15. The molecule has 2 aromatic rings. The Kier molecular flexibility index (Phi) is 4.37. The summed E-state index contributed by atoms with van der Waals surface area (Å²) < 4.78 is 5.09. The second-order valence-electron chi connectivity index (χ2n) is 4.47. The van der Waals surface area contributed by atoms with Crippen molar-refractivity contribution in [3.05, 3.63) is 65.2 Å². The van der Waals surface area contributed by atoms with Crippen molar-refractivity contribution in [1.29, 1.82) is 0 Å². The molecule has 0 spiro atoms. The Morgan fingerprint density at radius 1 is 1.00 bits per heavy atom. The zero-order chi connectivity index (χ0) is 12.8. The minimum Gasteiger partial charge on any atom is -0.381 e. The molecule has 0 aliphatic rings. The molecule has 2 nitrogen and oxygen atoms in total. The van der Waals surface area contributed by atoms with E-state index in [1.54, 1.807) is 7.11 Å². The Bertz CT molecular complexity index is 491. The summed E-state index contributed by atoms with van der Waals surface area (Å²) in [5.41, 5.74) is 4.93. The lowest BCUT2D eigenvalue weighted by molar-refractivity contribution is 0.185. The highest BCUT2D eigenvalue weighted by Gasteiger charge is 1.96. The van der Waals surface area contributed by atoms with E-state index >= 15 is 0 Å². The molecule has 0 saturated heterocycles. The number of aryl methyl sites for hydroxylation is 1. The van der Waals surface area contributed by atoms with Crippen molar-refractivity contribution in [1.82, 2.24) is 0 Å². The molecular weight excluding hydrogens is 222 g/mol. The minimum absolute atomic E-state index is 0.665. The topological polar surface area (TPSA) is 21.3 Å². The van der Waals surface area contributed by atoms with Crippen molar-refractivity contribution < 1.29 is 4.74 Å². The summed E-state index contributed by atoms with van der Waals surface area (Å²) >= 11 is 0. The number of hydrogen-bond donors (Lipinski definition) is 1. The number of rotatable bonds is 5. The van der Waals surface area contributed by atoms with Gasteiger partial charge in [0.2, 0.25) is 0 Å². The second-order valence-corrected chi connectivity index (χ2v) is 4.47. The van der Waals surface area contributed by atoms with Crippen LogP contribution in [0.2, 0.25) is 0 Å². The van der Waals surface area contributed by atoms with E-state index in [1.165, 1.54) is 16.7 Å². The molecule has 0 aliphatic heterocycles. The lowest BCUT2D eigenvalue weighted by Gasteiger charge is -2.08. The highest BCUT2D eigenvalue weighted by Crippen LogP contribution is 2.12. The van der Waals surface area contributed by atoms with E-state index in [-0.39, 0.29) is 0 Å². The van der Waals surface area contributed by atoms with Crippen LogP contribution in [0, 0.1) is 6.92 Å². The molecule has 0 aromatic heterocycles. The van der Waals surface area contributed by atoms with E-state index in [0.717, 1.165) is 12.2 Å². The predicted octanol–water partition coefficient (Wildman–Crippen LogP) is 3.75. The summed E-state index contributed by atoms with van der Waals surface area (Å²) in [5.74, 6) is 0. The zero-order valence-electron chi connectivity index (χ0n) is 10.9. The van der Waals surface area contributed by atoms with E-state index in [1.807, 2.05) is 0 Å². The third-order valence-corrected chi connectivity index (χ3v) is 2.84. The summed E-state index contributed by atoms with van der Waals surface area (Å²) in [6.45, 7) is 3.63. The van der Waals surface area contributed by atoms with E-state index < -0.39 is 0 Å². The quantitative estimate of drug-likeness (QED) is 0.860. The van der Waals surface area contributed by atoms with Crippen LogP contribution in [-0.4, -0.2) is 7.11 Å². The molecule has 0 fully saturated rings. The van der Waals surface area contributed by atoms with Crippen molar-refractivity contribution in [3.8, 4) is 0 Å². The largest absolute Gasteiger partial charge is 0.381 e. The summed E-state index contributed by atoms with van der Waals surface area (Å²) in [4.78, 5) is 0. The molecule has 0 saturated carbocycles. The SMILES string of the molecule is COCc1ccc(NCc2cccc(C)c2)cc1. The molecule has 0 unspecified atom stereocenters. The van der Waals surface area contributed by atoms with Crippen LogP contribution in [0.15, 0.2) is 48.5 Å². The van der Waals surface area contributed by atoms with Gasteiger partial charge in [-0.05, 0) is 30.2 Å². The molecule has 2 heteroatoms. The Balaban J connectivity index is 1.93. The lowest BCUT2D eigenvalue weighted by Crippen LogP contribution is -1.99. The number of methoxy groups -OCH3 is 1. The molecule has 0 heterocycles. The first-order valence-corrected chi connectivity index (χ1v) is 6.15. The van der Waals surface area contributed by atoms with Crippen molar-refractivity contribution in [2.45, 2.75) is 20.1 Å². The maximum absolute atomic E-state index is 5.09. The molecule has 0 bridgehead atoms. The summed E-state index contributed by atoms with van der Waals surface area (Å²) in [7, 11) is 1.71. The van der Waals surface area contributed by atoms with Crippen LogP contribution in [0.1, 0.15) is 16.7 Å². The molecule has 0 radical (unpaired) electrons. The van der Waals surface area contributed by atoms with Gasteiger partial charge in [-0.1, -0.05) is 42.0 Å². The van der Waals surface area contributed by atoms with Crippen LogP contribution in [-0.2, 0) is 17.9 Å². The molecule has 0 aliphatic carbocycles. The number of hydrogen-bond acceptors (Lipinski definition) is 2. The number of ether oxygens (including phenoxy) is 1. The standard InChI is InChI=1S/C16H19NO/c1-13-4-3-5-15(10-13)11-17-16-8-6-14(7-9-16)12-18-2/h3-10,17H,11-12H2,1-2H3. The van der Waals surface area contributed by atoms with Crippen molar-refractivity contribution in [3.63, 3.8) is 0 Å². The van der Waals surface area contributed by atoms with Gasteiger partial charge in [0.25, 0.3) is 0 Å². The molecular formula is C16H19NO. The first-order chi connectivity index (χ1) is 8.78. The van der Waals surface area contributed by atoms with E-state index in [0.29, 0.717) is 6.61 Å². The van der Waals surface area contributed by atoms with Crippen molar-refractivity contribution in [2.75, 3.05) is 12.4 Å². The summed E-state index contributed by atoms with van der Waals surface area (Å²) in [6, 6.07) is 16.9. The molecule has 2 aromatic carbocycles. The van der Waals surface area contributed by atoms with Gasteiger partial charge in [-0.2, -0.15) is 0 Å². The first kappa shape index (κ1) is 12.7. The maximum atomic E-state index is 5.09. The Hall–Kier alpha value is -1.80. The normalized spacial score (nSPS) is 10.3. The van der Waals surface area contributed by atoms with Gasteiger partial charge >= 0.3 is 0 Å². The highest BCUT2D eigenvalue weighted by atomic mass is 16.5. The van der Waals surface area contributed by atoms with Gasteiger partial charge in [-0.25, -0.2) is 0 Å². The third kappa shape index (κ3) is 3.60. The lowest BCUT2D eigenvalue weighted by atomic mass is 10.1. The Morgan fingerprint density at radius 3 is 2.44 bits per heavy atom. The number of anilines is 1. The van der Waals surface area contributed by atoms with Crippen LogP contribution in [0.4, 0.5) is 5.69 Å². The minimum atomic E-state index is 0.665. The van der Waals surface area contributed by atoms with Crippen LogP contribution < -0.4 is 5.32 Å². The van der Waals surface area contributed by atoms with Crippen LogP contribution in [0.5, 0.6) is 0 Å². The van der Waals surface area contributed by atoms with Gasteiger partial charge in [-0.15, -0.1) is 0 Å². The molecule has 2 rings (SSSR count). The molecule has 0 amide bonds. The van der Waals surface area contributed by atoms with Gasteiger partial charge < -0.3 is 10.1 Å². The van der Waals surface area contributed by atoms with Crippen LogP contribution >= 0.6 is 0 Å². The fraction of sp³-hybridized carbons (Fsp3) is 0.250. The van der Waals surface area contributed by atoms with E-state index in [2.05, 4.69) is 60.8 Å². The van der Waals surface area contributed by atoms with Gasteiger partial charge in [-0.3, -0.25) is 0 Å². The fourth-order valence-corrected chi connectivity index (χ4v) is 1.91. The summed E-state index contributed by atoms with van der Waals surface area (Å²) in [5, 5.41) is 3.42. The molecule has 0 atom stereocenters. The molecule has 94 valence electrons. The van der Waals surface area contributed by atoms with Gasteiger partial charge in [0.05, 0.1) is 6.61 Å². The monoisotopic (exact) mass is 241 g/mol. The van der Waals surface area contributed by atoms with Crippen LogP contribution in [0.25, 0.3) is 0 Å². The average Bonchev–Trinajstić information content (AvgIpc) is 2.38. The molecule has 1 N–H and O–H groups in total. The Labute approximate surface area is 109 Å². The highest BCUT2D eigenvalue weighted by molar-refractivity contribution is 5.45. The van der Waals surface area contributed by atoms with Crippen LogP contribution in [0.3, 0.4) is 0 Å². The van der Waals surface area contributed by atoms with Gasteiger partial charge in [0.1, 0.15) is 0 Å². The molecule has 18 heavy (non-hydrogen) atoms. The average molecular weight is 241 g/mol. The van der Waals surface area contributed by atoms with Gasteiger partial charge in [0, 0.05) is 19.3 Å². The number of nitrogens with one attached hydrogen (secondary N) is 1. The third-order valence-electron chi connectivity index (χ3n) is 2.84. The Morgan fingerprint density at radius 2 is 1.78 bits per heavy atom. The van der Waals surface area contributed by atoms with E-state index in [9.17, 15) is 0 Å². The van der Waals surface area contributed by atoms with E-state index in [4.69, 9.17) is 4.74 Å².